The molecule has 15 heavy (non-hydrogen) atoms. The molecule has 0 aliphatic rings. The minimum absolute atomic E-state index is 0.587. The van der Waals surface area contributed by atoms with Crippen molar-refractivity contribution in [3.8, 4) is 0 Å². The normalized spacial score (nSPS) is 10.3. The first-order valence-corrected chi connectivity index (χ1v) is 5.09. The van der Waals surface area contributed by atoms with E-state index in [1.54, 1.807) is 10.9 Å². The Bertz CT molecular complexity index is 454. The van der Waals surface area contributed by atoms with Gasteiger partial charge in [-0.2, -0.15) is 0 Å². The standard InChI is InChI=1S/C8H9BrN6/c1-15-4-6(13-14-15)2-11-8-7(9)3-10-5-12-8/h3-5H,2H2,1H3,(H,10,11,12). The minimum Gasteiger partial charge on any atom is -0.363 e. The Balaban J connectivity index is 2.02. The van der Waals surface area contributed by atoms with Crippen molar-refractivity contribution in [2.75, 3.05) is 5.32 Å². The van der Waals surface area contributed by atoms with E-state index in [1.807, 2.05) is 13.2 Å². The van der Waals surface area contributed by atoms with Gasteiger partial charge in [-0.15, -0.1) is 5.10 Å². The van der Waals surface area contributed by atoms with Gasteiger partial charge in [-0.25, -0.2) is 9.97 Å². The van der Waals surface area contributed by atoms with Crippen LogP contribution in [0.25, 0.3) is 0 Å². The van der Waals surface area contributed by atoms with Crippen LogP contribution in [0, 0.1) is 0 Å². The van der Waals surface area contributed by atoms with Crippen molar-refractivity contribution in [3.05, 3.63) is 28.9 Å². The number of aromatic nitrogens is 5. The predicted molar refractivity (Wildman–Crippen MR) is 58.1 cm³/mol. The van der Waals surface area contributed by atoms with E-state index in [1.165, 1.54) is 6.33 Å². The second-order valence-corrected chi connectivity index (χ2v) is 3.81. The number of nitrogens with one attached hydrogen (secondary N) is 1. The monoisotopic (exact) mass is 268 g/mol. The maximum absolute atomic E-state index is 4.08. The molecular weight excluding hydrogens is 260 g/mol. The van der Waals surface area contributed by atoms with Gasteiger partial charge in [-0.3, -0.25) is 4.68 Å². The van der Waals surface area contributed by atoms with Gasteiger partial charge in [0.15, 0.2) is 0 Å². The number of rotatable bonds is 3. The molecule has 2 aromatic rings. The van der Waals surface area contributed by atoms with Crippen molar-refractivity contribution < 1.29 is 0 Å². The van der Waals surface area contributed by atoms with Crippen molar-refractivity contribution in [3.63, 3.8) is 0 Å². The van der Waals surface area contributed by atoms with Gasteiger partial charge in [0.2, 0.25) is 0 Å². The average Bonchev–Trinajstić information content (AvgIpc) is 2.63. The van der Waals surface area contributed by atoms with E-state index in [9.17, 15) is 0 Å². The summed E-state index contributed by atoms with van der Waals surface area (Å²) in [7, 11) is 1.83. The van der Waals surface area contributed by atoms with Crippen LogP contribution in [0.4, 0.5) is 5.82 Å². The van der Waals surface area contributed by atoms with Crippen LogP contribution in [-0.4, -0.2) is 25.0 Å². The molecule has 0 radical (unpaired) electrons. The highest BCUT2D eigenvalue weighted by atomic mass is 79.9. The third-order valence-electron chi connectivity index (χ3n) is 1.75. The molecule has 1 N–H and O–H groups in total. The van der Waals surface area contributed by atoms with Crippen molar-refractivity contribution in [1.29, 1.82) is 0 Å². The molecule has 0 bridgehead atoms. The summed E-state index contributed by atoms with van der Waals surface area (Å²) in [5.74, 6) is 0.746. The van der Waals surface area contributed by atoms with Gasteiger partial charge >= 0.3 is 0 Å². The van der Waals surface area contributed by atoms with Crippen LogP contribution in [-0.2, 0) is 13.6 Å². The second kappa shape index (κ2) is 4.35. The van der Waals surface area contributed by atoms with E-state index in [4.69, 9.17) is 0 Å². The van der Waals surface area contributed by atoms with E-state index >= 15 is 0 Å². The summed E-state index contributed by atoms with van der Waals surface area (Å²) in [6, 6.07) is 0. The van der Waals surface area contributed by atoms with Gasteiger partial charge in [-0.1, -0.05) is 5.21 Å². The smallest absolute Gasteiger partial charge is 0.144 e. The lowest BCUT2D eigenvalue weighted by Crippen LogP contribution is -2.02. The van der Waals surface area contributed by atoms with Crippen LogP contribution in [0.15, 0.2) is 23.2 Å². The summed E-state index contributed by atoms with van der Waals surface area (Å²) in [6.45, 7) is 0.587. The Hall–Kier alpha value is -1.50. The molecule has 0 aromatic carbocycles. The van der Waals surface area contributed by atoms with E-state index in [0.29, 0.717) is 6.54 Å². The van der Waals surface area contributed by atoms with Crippen molar-refractivity contribution in [2.24, 2.45) is 7.05 Å². The molecule has 2 aromatic heterocycles. The molecule has 0 fully saturated rings. The number of hydrogen-bond donors (Lipinski definition) is 1. The molecule has 6 nitrogen and oxygen atoms in total. The molecule has 0 spiro atoms. The summed E-state index contributed by atoms with van der Waals surface area (Å²) in [5, 5.41) is 10.9. The lowest BCUT2D eigenvalue weighted by atomic mass is 10.4. The number of nitrogens with zero attached hydrogens (tertiary/aromatic N) is 5. The Morgan fingerprint density at radius 3 is 3.07 bits per heavy atom. The zero-order valence-electron chi connectivity index (χ0n) is 8.05. The predicted octanol–water partition coefficient (Wildman–Crippen LogP) is 0.980. The first-order valence-electron chi connectivity index (χ1n) is 4.30. The zero-order valence-corrected chi connectivity index (χ0v) is 9.64. The quantitative estimate of drug-likeness (QED) is 0.899. The molecule has 0 atom stereocenters. The Morgan fingerprint density at radius 2 is 2.40 bits per heavy atom. The largest absolute Gasteiger partial charge is 0.363 e. The molecule has 0 saturated heterocycles. The van der Waals surface area contributed by atoms with E-state index < -0.39 is 0 Å². The first kappa shape index (κ1) is 10.0. The SMILES string of the molecule is Cn1cc(CNc2ncncc2Br)nn1. The third kappa shape index (κ3) is 2.50. The molecule has 0 aliphatic carbocycles. The average molecular weight is 269 g/mol. The Kier molecular flexibility index (Phi) is 2.91. The van der Waals surface area contributed by atoms with Crippen LogP contribution in [0.1, 0.15) is 5.69 Å². The zero-order chi connectivity index (χ0) is 10.7. The summed E-state index contributed by atoms with van der Waals surface area (Å²) in [5.41, 5.74) is 0.864. The molecular formula is C8H9BrN6. The minimum atomic E-state index is 0.587. The molecule has 0 unspecified atom stereocenters. The van der Waals surface area contributed by atoms with Crippen molar-refractivity contribution in [1.82, 2.24) is 25.0 Å². The van der Waals surface area contributed by atoms with Gasteiger partial charge in [0.1, 0.15) is 17.8 Å². The van der Waals surface area contributed by atoms with Gasteiger partial charge in [0.05, 0.1) is 11.0 Å². The van der Waals surface area contributed by atoms with E-state index in [0.717, 1.165) is 16.0 Å². The molecule has 0 amide bonds. The maximum Gasteiger partial charge on any atom is 0.144 e. The van der Waals surface area contributed by atoms with Crippen LogP contribution < -0.4 is 5.32 Å². The van der Waals surface area contributed by atoms with Crippen LogP contribution in [0.3, 0.4) is 0 Å². The number of halogens is 1. The van der Waals surface area contributed by atoms with Crippen LogP contribution in [0.2, 0.25) is 0 Å². The van der Waals surface area contributed by atoms with Crippen LogP contribution >= 0.6 is 15.9 Å². The fraction of sp³-hybridized carbons (Fsp3) is 0.250. The number of anilines is 1. The second-order valence-electron chi connectivity index (χ2n) is 2.96. The lowest BCUT2D eigenvalue weighted by Gasteiger charge is -2.03. The molecule has 2 rings (SSSR count). The highest BCUT2D eigenvalue weighted by molar-refractivity contribution is 9.10. The first-order chi connectivity index (χ1) is 7.25. The summed E-state index contributed by atoms with van der Waals surface area (Å²) in [4.78, 5) is 7.95. The Morgan fingerprint density at radius 1 is 1.53 bits per heavy atom. The Labute approximate surface area is 94.9 Å². The van der Waals surface area contributed by atoms with Gasteiger partial charge in [0, 0.05) is 19.4 Å². The van der Waals surface area contributed by atoms with Crippen molar-refractivity contribution >= 4 is 21.7 Å². The molecule has 78 valence electrons. The summed E-state index contributed by atoms with van der Waals surface area (Å²) in [6.07, 6.45) is 5.03. The number of hydrogen-bond acceptors (Lipinski definition) is 5. The number of aryl methyl sites for hydroxylation is 1. The highest BCUT2D eigenvalue weighted by Crippen LogP contribution is 2.17. The molecule has 0 aliphatic heterocycles. The maximum atomic E-state index is 4.08. The van der Waals surface area contributed by atoms with Crippen molar-refractivity contribution in [2.45, 2.75) is 6.54 Å². The third-order valence-corrected chi connectivity index (χ3v) is 2.33. The van der Waals surface area contributed by atoms with E-state index in [-0.39, 0.29) is 0 Å². The highest BCUT2D eigenvalue weighted by Gasteiger charge is 2.02. The van der Waals surface area contributed by atoms with Gasteiger partial charge in [0.25, 0.3) is 0 Å². The molecule has 0 saturated carbocycles. The summed E-state index contributed by atoms with van der Waals surface area (Å²) >= 11 is 3.35. The van der Waals surface area contributed by atoms with Crippen LogP contribution in [0.5, 0.6) is 0 Å². The summed E-state index contributed by atoms with van der Waals surface area (Å²) < 4.78 is 2.49. The topological polar surface area (TPSA) is 68.5 Å². The molecule has 2 heterocycles. The lowest BCUT2D eigenvalue weighted by molar-refractivity contribution is 0.713. The fourth-order valence-electron chi connectivity index (χ4n) is 1.09. The fourth-order valence-corrected chi connectivity index (χ4v) is 1.45. The van der Waals surface area contributed by atoms with E-state index in [2.05, 4.69) is 41.5 Å². The van der Waals surface area contributed by atoms with Gasteiger partial charge in [-0.05, 0) is 15.9 Å². The molecule has 7 heteroatoms. The van der Waals surface area contributed by atoms with Gasteiger partial charge < -0.3 is 5.32 Å².